The summed E-state index contributed by atoms with van der Waals surface area (Å²) in [6.07, 6.45) is 3.66. The first kappa shape index (κ1) is 23.9. The second kappa shape index (κ2) is 10.4. The van der Waals surface area contributed by atoms with Crippen LogP contribution >= 0.6 is 0 Å². The SMILES string of the molecule is COc1cc(OC)c(F)c(COc2ccc(NC(=O)N3CCCc4ccc(C=O)nc43)nc2)c1C. The van der Waals surface area contributed by atoms with E-state index in [-0.39, 0.29) is 18.1 Å². The second-order valence-corrected chi connectivity index (χ2v) is 7.89. The molecule has 1 aliphatic rings. The molecule has 2 amide bonds. The van der Waals surface area contributed by atoms with Crippen LogP contribution in [-0.2, 0) is 13.0 Å². The number of aromatic nitrogens is 2. The van der Waals surface area contributed by atoms with Gasteiger partial charge in [-0.3, -0.25) is 15.0 Å². The Morgan fingerprint density at radius 1 is 1.20 bits per heavy atom. The van der Waals surface area contributed by atoms with Crippen LogP contribution in [0.3, 0.4) is 0 Å². The van der Waals surface area contributed by atoms with Crippen molar-refractivity contribution in [3.05, 3.63) is 64.7 Å². The molecule has 1 aromatic carbocycles. The van der Waals surface area contributed by atoms with E-state index in [0.29, 0.717) is 47.1 Å². The number of carbonyl (C=O) groups is 2. The van der Waals surface area contributed by atoms with Gasteiger partial charge in [0.1, 0.15) is 35.4 Å². The predicted octanol–water partition coefficient (Wildman–Crippen LogP) is 4.32. The van der Waals surface area contributed by atoms with Gasteiger partial charge in [0.15, 0.2) is 17.9 Å². The maximum atomic E-state index is 14.7. The molecule has 35 heavy (non-hydrogen) atoms. The number of pyridine rings is 2. The third-order valence-electron chi connectivity index (χ3n) is 5.79. The van der Waals surface area contributed by atoms with E-state index in [4.69, 9.17) is 14.2 Å². The number of rotatable bonds is 7. The smallest absolute Gasteiger partial charge is 0.328 e. The van der Waals surface area contributed by atoms with Gasteiger partial charge in [-0.25, -0.2) is 19.2 Å². The molecule has 0 radical (unpaired) electrons. The van der Waals surface area contributed by atoms with Gasteiger partial charge in [0.05, 0.1) is 20.4 Å². The van der Waals surface area contributed by atoms with Crippen molar-refractivity contribution in [3.63, 3.8) is 0 Å². The fourth-order valence-corrected chi connectivity index (χ4v) is 3.87. The molecule has 182 valence electrons. The van der Waals surface area contributed by atoms with Gasteiger partial charge in [0, 0.05) is 23.7 Å². The second-order valence-electron chi connectivity index (χ2n) is 7.89. The Kier molecular flexibility index (Phi) is 7.09. The number of hydrogen-bond acceptors (Lipinski definition) is 7. The van der Waals surface area contributed by atoms with Gasteiger partial charge in [0.25, 0.3) is 0 Å². The summed E-state index contributed by atoms with van der Waals surface area (Å²) in [5.74, 6) is 1.22. The number of methoxy groups -OCH3 is 2. The fraction of sp³-hybridized carbons (Fsp3) is 0.280. The fourth-order valence-electron chi connectivity index (χ4n) is 3.87. The summed E-state index contributed by atoms with van der Waals surface area (Å²) >= 11 is 0. The number of hydrogen-bond donors (Lipinski definition) is 1. The lowest BCUT2D eigenvalue weighted by molar-refractivity contribution is 0.111. The van der Waals surface area contributed by atoms with Crippen molar-refractivity contribution in [2.75, 3.05) is 31.0 Å². The third kappa shape index (κ3) is 5.01. The summed E-state index contributed by atoms with van der Waals surface area (Å²) < 4.78 is 30.8. The van der Waals surface area contributed by atoms with Crippen molar-refractivity contribution in [1.82, 2.24) is 9.97 Å². The number of halogens is 1. The number of benzene rings is 1. The molecule has 0 spiro atoms. The summed E-state index contributed by atoms with van der Waals surface area (Å²) in [5, 5.41) is 2.74. The molecule has 0 fully saturated rings. The Hall–Kier alpha value is -4.21. The first-order chi connectivity index (χ1) is 16.9. The van der Waals surface area contributed by atoms with Crippen LogP contribution in [0.2, 0.25) is 0 Å². The van der Waals surface area contributed by atoms with Gasteiger partial charge in [0.2, 0.25) is 0 Å². The number of anilines is 2. The molecular weight excluding hydrogens is 455 g/mol. The molecule has 3 aromatic rings. The quantitative estimate of drug-likeness (QED) is 0.503. The molecule has 0 atom stereocenters. The van der Waals surface area contributed by atoms with E-state index in [1.807, 2.05) is 6.07 Å². The zero-order valence-electron chi connectivity index (χ0n) is 19.6. The van der Waals surface area contributed by atoms with Crippen molar-refractivity contribution < 1.29 is 28.2 Å². The minimum atomic E-state index is -0.518. The molecular formula is C25H25FN4O5. The Labute approximate surface area is 201 Å². The highest BCUT2D eigenvalue weighted by Crippen LogP contribution is 2.33. The predicted molar refractivity (Wildman–Crippen MR) is 127 cm³/mol. The van der Waals surface area contributed by atoms with Crippen molar-refractivity contribution >= 4 is 24.0 Å². The Morgan fingerprint density at radius 2 is 2.00 bits per heavy atom. The minimum Gasteiger partial charge on any atom is -0.496 e. The molecule has 0 saturated heterocycles. The van der Waals surface area contributed by atoms with Gasteiger partial charge in [-0.1, -0.05) is 6.07 Å². The molecule has 0 bridgehead atoms. The number of fused-ring (bicyclic) bond motifs is 1. The normalized spacial score (nSPS) is 12.5. The molecule has 1 aliphatic heterocycles. The van der Waals surface area contributed by atoms with Crippen LogP contribution < -0.4 is 24.4 Å². The number of nitrogens with zero attached hydrogens (tertiary/aromatic N) is 3. The highest BCUT2D eigenvalue weighted by Gasteiger charge is 2.25. The topological polar surface area (TPSA) is 103 Å². The molecule has 0 unspecified atom stereocenters. The number of nitrogens with one attached hydrogen (secondary N) is 1. The average Bonchev–Trinajstić information content (AvgIpc) is 2.89. The average molecular weight is 480 g/mol. The minimum absolute atomic E-state index is 0.0616. The Morgan fingerprint density at radius 3 is 2.69 bits per heavy atom. The standard InChI is InChI=1S/C25H25FN4O5/c1-15-19(23(26)21(34-3)11-20(15)33-2)14-35-18-8-9-22(27-12-18)29-25(32)30-10-4-5-16-6-7-17(13-31)28-24(16)30/h6-9,11-13H,4-5,10,14H2,1-3H3,(H,27,29,32). The van der Waals surface area contributed by atoms with Crippen molar-refractivity contribution in [1.29, 1.82) is 0 Å². The van der Waals surface area contributed by atoms with Crippen molar-refractivity contribution in [3.8, 4) is 17.2 Å². The van der Waals surface area contributed by atoms with E-state index in [1.165, 1.54) is 31.4 Å². The molecule has 0 aliphatic carbocycles. The van der Waals surface area contributed by atoms with Gasteiger partial charge in [-0.2, -0.15) is 0 Å². The van der Waals surface area contributed by atoms with E-state index >= 15 is 0 Å². The molecule has 4 rings (SSSR count). The monoisotopic (exact) mass is 480 g/mol. The van der Waals surface area contributed by atoms with Crippen LogP contribution in [0.4, 0.5) is 20.8 Å². The van der Waals surface area contributed by atoms with E-state index in [0.717, 1.165) is 18.4 Å². The molecule has 10 heteroatoms. The molecule has 2 aromatic heterocycles. The van der Waals surface area contributed by atoms with E-state index in [1.54, 1.807) is 25.1 Å². The summed E-state index contributed by atoms with van der Waals surface area (Å²) in [5.41, 5.74) is 2.09. The van der Waals surface area contributed by atoms with Gasteiger partial charge in [-0.15, -0.1) is 0 Å². The van der Waals surface area contributed by atoms with Crippen LogP contribution in [0.5, 0.6) is 17.2 Å². The number of aryl methyl sites for hydroxylation is 1. The largest absolute Gasteiger partial charge is 0.496 e. The number of urea groups is 1. The van der Waals surface area contributed by atoms with Crippen LogP contribution in [0.1, 0.15) is 33.6 Å². The highest BCUT2D eigenvalue weighted by atomic mass is 19.1. The van der Waals surface area contributed by atoms with Crippen molar-refractivity contribution in [2.45, 2.75) is 26.4 Å². The lowest BCUT2D eigenvalue weighted by Gasteiger charge is -2.28. The van der Waals surface area contributed by atoms with E-state index < -0.39 is 11.8 Å². The molecule has 3 heterocycles. The van der Waals surface area contributed by atoms with Crippen LogP contribution in [0.15, 0.2) is 36.5 Å². The van der Waals surface area contributed by atoms with E-state index in [2.05, 4.69) is 15.3 Å². The first-order valence-electron chi connectivity index (χ1n) is 11.0. The zero-order chi connectivity index (χ0) is 24.9. The van der Waals surface area contributed by atoms with Crippen LogP contribution in [-0.4, -0.2) is 43.0 Å². The number of ether oxygens (including phenoxy) is 3. The highest BCUT2D eigenvalue weighted by molar-refractivity contribution is 6.01. The lowest BCUT2D eigenvalue weighted by atomic mass is 10.1. The maximum Gasteiger partial charge on any atom is 0.328 e. The summed E-state index contributed by atoms with van der Waals surface area (Å²) in [4.78, 5) is 34.0. The molecule has 1 N–H and O–H groups in total. The Bertz CT molecular complexity index is 1220. The Balaban J connectivity index is 1.44. The van der Waals surface area contributed by atoms with E-state index in [9.17, 15) is 14.0 Å². The third-order valence-corrected chi connectivity index (χ3v) is 5.79. The molecule has 9 nitrogen and oxygen atoms in total. The summed E-state index contributed by atoms with van der Waals surface area (Å²) in [6, 6.07) is 7.76. The van der Waals surface area contributed by atoms with Gasteiger partial charge in [-0.05, 0) is 43.5 Å². The van der Waals surface area contributed by atoms with Gasteiger partial charge >= 0.3 is 6.03 Å². The van der Waals surface area contributed by atoms with Crippen molar-refractivity contribution in [2.24, 2.45) is 0 Å². The number of amides is 2. The van der Waals surface area contributed by atoms with Gasteiger partial charge < -0.3 is 14.2 Å². The summed E-state index contributed by atoms with van der Waals surface area (Å²) in [6.45, 7) is 2.15. The first-order valence-corrected chi connectivity index (χ1v) is 11.0. The van der Waals surface area contributed by atoms with Crippen LogP contribution in [0.25, 0.3) is 0 Å². The maximum absolute atomic E-state index is 14.7. The number of carbonyl (C=O) groups excluding carboxylic acids is 2. The zero-order valence-corrected chi connectivity index (χ0v) is 19.6. The van der Waals surface area contributed by atoms with Crippen LogP contribution in [0, 0.1) is 12.7 Å². The molecule has 0 saturated carbocycles. The number of aldehydes is 1. The lowest BCUT2D eigenvalue weighted by Crippen LogP contribution is -2.39. The summed E-state index contributed by atoms with van der Waals surface area (Å²) in [7, 11) is 2.88.